The Labute approximate surface area is 164 Å². The summed E-state index contributed by atoms with van der Waals surface area (Å²) in [6, 6.07) is 0.132. The lowest BCUT2D eigenvalue weighted by Crippen LogP contribution is -2.43. The lowest BCUT2D eigenvalue weighted by molar-refractivity contribution is -0.135. The van der Waals surface area contributed by atoms with Crippen molar-refractivity contribution < 1.29 is 13.2 Å². The van der Waals surface area contributed by atoms with Gasteiger partial charge in [-0.2, -0.15) is 18.3 Å². The molecule has 25 heavy (non-hydrogen) atoms. The molecular weight excluding hydrogens is 446 g/mol. The van der Waals surface area contributed by atoms with Crippen LogP contribution < -0.4 is 10.6 Å². The molecule has 0 aliphatic carbocycles. The average molecular weight is 475 g/mol. The first-order chi connectivity index (χ1) is 11.1. The van der Waals surface area contributed by atoms with Crippen molar-refractivity contribution in [2.45, 2.75) is 58.7 Å². The van der Waals surface area contributed by atoms with E-state index in [1.807, 2.05) is 32.5 Å². The highest BCUT2D eigenvalue weighted by molar-refractivity contribution is 14.0. The summed E-state index contributed by atoms with van der Waals surface area (Å²) in [6.07, 6.45) is -3.43. The largest absolute Gasteiger partial charge is 0.389 e. The molecule has 0 saturated carbocycles. The van der Waals surface area contributed by atoms with Gasteiger partial charge in [-0.1, -0.05) is 0 Å². The number of nitrogens with zero attached hydrogens (tertiary/aromatic N) is 3. The molecule has 1 rings (SSSR count). The molecule has 1 aromatic heterocycles. The maximum absolute atomic E-state index is 12.1. The number of alkyl halides is 3. The monoisotopic (exact) mass is 475 g/mol. The highest BCUT2D eigenvalue weighted by atomic mass is 127. The molecule has 1 unspecified atom stereocenters. The van der Waals surface area contributed by atoms with E-state index in [0.717, 1.165) is 17.8 Å². The summed E-state index contributed by atoms with van der Waals surface area (Å²) in [6.45, 7) is 6.54. The predicted molar refractivity (Wildman–Crippen MR) is 106 cm³/mol. The van der Waals surface area contributed by atoms with Crippen LogP contribution in [0.4, 0.5) is 13.2 Å². The van der Waals surface area contributed by atoms with E-state index < -0.39 is 12.6 Å². The Morgan fingerprint density at radius 2 is 1.92 bits per heavy atom. The summed E-state index contributed by atoms with van der Waals surface area (Å²) in [5, 5.41) is 10.7. The minimum absolute atomic E-state index is 0. The van der Waals surface area contributed by atoms with Crippen molar-refractivity contribution in [3.63, 3.8) is 0 Å². The van der Waals surface area contributed by atoms with Crippen molar-refractivity contribution in [1.29, 1.82) is 0 Å². The molecule has 0 amide bonds. The van der Waals surface area contributed by atoms with E-state index in [9.17, 15) is 13.2 Å². The Morgan fingerprint density at radius 1 is 1.28 bits per heavy atom. The lowest BCUT2D eigenvalue weighted by Gasteiger charge is -2.18. The van der Waals surface area contributed by atoms with Crippen molar-refractivity contribution in [1.82, 2.24) is 20.4 Å². The molecule has 0 aromatic carbocycles. The Morgan fingerprint density at radius 3 is 2.40 bits per heavy atom. The van der Waals surface area contributed by atoms with E-state index in [2.05, 4.69) is 20.7 Å². The molecule has 0 aliphatic heterocycles. The van der Waals surface area contributed by atoms with Gasteiger partial charge in [-0.25, -0.2) is 0 Å². The van der Waals surface area contributed by atoms with E-state index in [1.165, 1.54) is 5.56 Å². The van der Waals surface area contributed by atoms with Gasteiger partial charge >= 0.3 is 6.18 Å². The van der Waals surface area contributed by atoms with Crippen LogP contribution in [-0.2, 0) is 13.5 Å². The number of nitrogens with one attached hydrogen (secondary N) is 2. The number of hydrogen-bond donors (Lipinski definition) is 2. The van der Waals surface area contributed by atoms with Gasteiger partial charge in [0.25, 0.3) is 0 Å². The van der Waals surface area contributed by atoms with Crippen molar-refractivity contribution >= 4 is 29.9 Å². The standard InChI is InChI=1S/C16H28F3N5.HI/c1-11(10-14-12(2)23-24(5)13(14)3)22-15(20-4)21-9-7-6-8-16(17,18)19;/h11H,6-10H2,1-5H3,(H2,20,21,22);1H. The summed E-state index contributed by atoms with van der Waals surface area (Å²) < 4.78 is 38.1. The van der Waals surface area contributed by atoms with E-state index >= 15 is 0 Å². The van der Waals surface area contributed by atoms with Crippen molar-refractivity contribution in [2.24, 2.45) is 12.0 Å². The summed E-state index contributed by atoms with van der Waals surface area (Å²) >= 11 is 0. The van der Waals surface area contributed by atoms with Crippen LogP contribution in [0.15, 0.2) is 4.99 Å². The van der Waals surface area contributed by atoms with Crippen LogP contribution in [0.3, 0.4) is 0 Å². The number of hydrogen-bond acceptors (Lipinski definition) is 2. The molecule has 2 N–H and O–H groups in total. The average Bonchev–Trinajstić information content (AvgIpc) is 2.71. The van der Waals surface area contributed by atoms with E-state index in [1.54, 1.807) is 7.05 Å². The number of aliphatic imine (C=N–C) groups is 1. The van der Waals surface area contributed by atoms with Gasteiger partial charge in [-0.3, -0.25) is 9.67 Å². The van der Waals surface area contributed by atoms with Crippen LogP contribution in [0.2, 0.25) is 0 Å². The number of aromatic nitrogens is 2. The lowest BCUT2D eigenvalue weighted by atomic mass is 10.1. The third-order valence-corrected chi connectivity index (χ3v) is 3.96. The van der Waals surface area contributed by atoms with Crippen molar-refractivity contribution in [2.75, 3.05) is 13.6 Å². The fourth-order valence-corrected chi connectivity index (χ4v) is 2.56. The summed E-state index contributed by atoms with van der Waals surface area (Å²) in [4.78, 5) is 4.12. The van der Waals surface area contributed by atoms with E-state index in [-0.39, 0.29) is 36.4 Å². The number of aryl methyl sites for hydroxylation is 2. The molecule has 0 saturated heterocycles. The predicted octanol–water partition coefficient (Wildman–Crippen LogP) is 3.48. The van der Waals surface area contributed by atoms with Gasteiger partial charge in [0.1, 0.15) is 0 Å². The van der Waals surface area contributed by atoms with Crippen LogP contribution in [0, 0.1) is 13.8 Å². The van der Waals surface area contributed by atoms with Crippen LogP contribution in [0.1, 0.15) is 43.1 Å². The first kappa shape index (κ1) is 24.0. The van der Waals surface area contributed by atoms with Gasteiger partial charge in [0.2, 0.25) is 0 Å². The van der Waals surface area contributed by atoms with Crippen LogP contribution in [0.25, 0.3) is 0 Å². The molecule has 0 fully saturated rings. The molecule has 146 valence electrons. The first-order valence-electron chi connectivity index (χ1n) is 8.17. The number of guanidine groups is 1. The third-order valence-electron chi connectivity index (χ3n) is 3.96. The molecule has 1 heterocycles. The van der Waals surface area contributed by atoms with Crippen molar-refractivity contribution in [3.8, 4) is 0 Å². The van der Waals surface area contributed by atoms with Gasteiger partial charge < -0.3 is 10.6 Å². The summed E-state index contributed by atoms with van der Waals surface area (Å²) in [5.41, 5.74) is 3.35. The Bertz CT molecular complexity index is 555. The summed E-state index contributed by atoms with van der Waals surface area (Å²) in [7, 11) is 3.57. The Kier molecular flexibility index (Phi) is 10.4. The highest BCUT2D eigenvalue weighted by Gasteiger charge is 2.25. The Balaban J connectivity index is 0.00000576. The van der Waals surface area contributed by atoms with Gasteiger partial charge in [0.15, 0.2) is 5.96 Å². The van der Waals surface area contributed by atoms with Gasteiger partial charge in [0.05, 0.1) is 5.69 Å². The first-order valence-corrected chi connectivity index (χ1v) is 8.17. The zero-order valence-corrected chi connectivity index (χ0v) is 17.8. The second-order valence-corrected chi connectivity index (χ2v) is 6.09. The van der Waals surface area contributed by atoms with E-state index in [0.29, 0.717) is 18.9 Å². The second-order valence-electron chi connectivity index (χ2n) is 6.09. The minimum atomic E-state index is -4.08. The number of unbranched alkanes of at least 4 members (excludes halogenated alkanes) is 1. The number of rotatable bonds is 7. The molecule has 0 radical (unpaired) electrons. The minimum Gasteiger partial charge on any atom is -0.356 e. The quantitative estimate of drug-likeness (QED) is 0.275. The molecule has 1 aromatic rings. The molecule has 1 atom stereocenters. The van der Waals surface area contributed by atoms with Crippen LogP contribution in [0.5, 0.6) is 0 Å². The van der Waals surface area contributed by atoms with Crippen LogP contribution in [-0.4, -0.2) is 41.6 Å². The molecule has 0 bridgehead atoms. The van der Waals surface area contributed by atoms with E-state index in [4.69, 9.17) is 0 Å². The fraction of sp³-hybridized carbons (Fsp3) is 0.750. The zero-order valence-electron chi connectivity index (χ0n) is 15.5. The van der Waals surface area contributed by atoms with Gasteiger partial charge in [-0.05, 0) is 45.6 Å². The maximum atomic E-state index is 12.1. The normalized spacial score (nSPS) is 13.4. The molecule has 0 spiro atoms. The maximum Gasteiger partial charge on any atom is 0.389 e. The Hall–Kier alpha value is -1.00. The van der Waals surface area contributed by atoms with Crippen molar-refractivity contribution in [3.05, 3.63) is 17.0 Å². The highest BCUT2D eigenvalue weighted by Crippen LogP contribution is 2.21. The van der Waals surface area contributed by atoms with Gasteiger partial charge in [0, 0.05) is 38.8 Å². The molecule has 9 heteroatoms. The number of halogens is 4. The SMILES string of the molecule is CN=C(NCCCCC(F)(F)F)NC(C)Cc1c(C)nn(C)c1C.I. The fourth-order valence-electron chi connectivity index (χ4n) is 2.56. The van der Waals surface area contributed by atoms with Crippen LogP contribution >= 0.6 is 24.0 Å². The van der Waals surface area contributed by atoms with Gasteiger partial charge in [-0.15, -0.1) is 24.0 Å². The smallest absolute Gasteiger partial charge is 0.356 e. The second kappa shape index (κ2) is 10.9. The molecular formula is C16H29F3IN5. The topological polar surface area (TPSA) is 54.2 Å². The third kappa shape index (κ3) is 8.77. The molecule has 0 aliphatic rings. The molecule has 5 nitrogen and oxygen atoms in total. The zero-order chi connectivity index (χ0) is 18.3. The summed E-state index contributed by atoms with van der Waals surface area (Å²) in [5.74, 6) is 0.605.